The van der Waals surface area contributed by atoms with E-state index in [0.717, 1.165) is 21.5 Å². The summed E-state index contributed by atoms with van der Waals surface area (Å²) in [5.74, 6) is 2.49. The maximum Gasteiger partial charge on any atom is 0.332 e. The van der Waals surface area contributed by atoms with Crippen molar-refractivity contribution >= 4 is 16.9 Å². The number of ether oxygens (including phenoxy) is 3. The van der Waals surface area contributed by atoms with Crippen LogP contribution in [-0.4, -0.2) is 37.0 Å². The van der Waals surface area contributed by atoms with Gasteiger partial charge in [0, 0.05) is 31.9 Å². The van der Waals surface area contributed by atoms with Gasteiger partial charge in [0.05, 0.1) is 18.5 Å². The fraction of sp³-hybridized carbons (Fsp3) is 0.174. The van der Waals surface area contributed by atoms with Crippen molar-refractivity contribution in [3.63, 3.8) is 0 Å². The van der Waals surface area contributed by atoms with E-state index in [4.69, 9.17) is 19.2 Å². The molecule has 0 radical (unpaired) electrons. The third kappa shape index (κ3) is 2.63. The lowest BCUT2D eigenvalue weighted by molar-refractivity contribution is 0.174. The summed E-state index contributed by atoms with van der Waals surface area (Å²) in [6, 6.07) is 13.2. The summed E-state index contributed by atoms with van der Waals surface area (Å²) in [6.07, 6.45) is 1.84. The lowest BCUT2D eigenvalue weighted by Crippen LogP contribution is -2.37. The van der Waals surface area contributed by atoms with Gasteiger partial charge in [-0.2, -0.15) is 4.98 Å². The van der Waals surface area contributed by atoms with E-state index in [-0.39, 0.29) is 6.79 Å². The van der Waals surface area contributed by atoms with Crippen LogP contribution in [0.15, 0.2) is 58.3 Å². The summed E-state index contributed by atoms with van der Waals surface area (Å²) in [5, 5.41) is 0. The molecule has 3 aromatic heterocycles. The van der Waals surface area contributed by atoms with Crippen LogP contribution in [0.25, 0.3) is 33.9 Å². The standard InChI is InChI=1S/C23H19N5O5/c1-25-20-19(21(29)26(2)23(25)30)27-11-16(13-7-8-17-18(9-13)33-12-32-17)28(22(27)24-20)14-5-4-6-15(10-14)31-3/h4-11H,12H2,1-3H3. The lowest BCUT2D eigenvalue weighted by atomic mass is 10.1. The Morgan fingerprint density at radius 3 is 2.64 bits per heavy atom. The fourth-order valence-electron chi connectivity index (χ4n) is 4.23. The molecule has 0 amide bonds. The molecule has 0 fully saturated rings. The molecule has 6 rings (SSSR count). The zero-order chi connectivity index (χ0) is 22.9. The van der Waals surface area contributed by atoms with Gasteiger partial charge in [-0.1, -0.05) is 6.07 Å². The van der Waals surface area contributed by atoms with Gasteiger partial charge in [0.2, 0.25) is 12.6 Å². The zero-order valence-corrected chi connectivity index (χ0v) is 18.1. The summed E-state index contributed by atoms with van der Waals surface area (Å²) in [4.78, 5) is 30.2. The van der Waals surface area contributed by atoms with E-state index in [1.165, 1.54) is 11.6 Å². The van der Waals surface area contributed by atoms with Crippen LogP contribution >= 0.6 is 0 Å². The van der Waals surface area contributed by atoms with Crippen LogP contribution in [0.2, 0.25) is 0 Å². The summed E-state index contributed by atoms with van der Waals surface area (Å²) in [7, 11) is 4.67. The molecule has 166 valence electrons. The average molecular weight is 445 g/mol. The van der Waals surface area contributed by atoms with Gasteiger partial charge in [0.15, 0.2) is 22.7 Å². The Balaban J connectivity index is 1.74. The number of fused-ring (bicyclic) bond motifs is 4. The number of benzene rings is 2. The minimum atomic E-state index is -0.433. The van der Waals surface area contributed by atoms with E-state index in [1.54, 1.807) is 18.6 Å². The quantitative estimate of drug-likeness (QED) is 0.422. The van der Waals surface area contributed by atoms with E-state index in [9.17, 15) is 9.59 Å². The van der Waals surface area contributed by atoms with Gasteiger partial charge in [-0.05, 0) is 30.3 Å². The Hall–Kier alpha value is -4.47. The Labute approximate surface area is 186 Å². The maximum atomic E-state index is 13.0. The van der Waals surface area contributed by atoms with Crippen molar-refractivity contribution in [3.8, 4) is 34.2 Å². The molecule has 10 heteroatoms. The first-order valence-electron chi connectivity index (χ1n) is 10.2. The summed E-state index contributed by atoms with van der Waals surface area (Å²) < 4.78 is 22.5. The molecular weight excluding hydrogens is 426 g/mol. The van der Waals surface area contributed by atoms with Crippen LogP contribution < -0.4 is 25.5 Å². The van der Waals surface area contributed by atoms with E-state index in [2.05, 4.69) is 0 Å². The van der Waals surface area contributed by atoms with E-state index >= 15 is 0 Å². The Morgan fingerprint density at radius 1 is 1.00 bits per heavy atom. The predicted molar refractivity (Wildman–Crippen MR) is 121 cm³/mol. The van der Waals surface area contributed by atoms with Crippen molar-refractivity contribution in [2.75, 3.05) is 13.9 Å². The molecule has 0 saturated heterocycles. The predicted octanol–water partition coefficient (Wildman–Crippen LogP) is 2.08. The number of hydrogen-bond donors (Lipinski definition) is 0. The Bertz CT molecular complexity index is 1700. The number of rotatable bonds is 3. The average Bonchev–Trinajstić information content (AvgIpc) is 3.54. The third-order valence-electron chi connectivity index (χ3n) is 5.94. The monoisotopic (exact) mass is 445 g/mol. The number of aryl methyl sites for hydroxylation is 1. The Kier molecular flexibility index (Phi) is 3.94. The number of aromatic nitrogens is 5. The van der Waals surface area contributed by atoms with Gasteiger partial charge in [0.1, 0.15) is 5.75 Å². The molecule has 0 N–H and O–H groups in total. The first-order chi connectivity index (χ1) is 16.0. The fourth-order valence-corrected chi connectivity index (χ4v) is 4.23. The molecule has 0 atom stereocenters. The van der Waals surface area contributed by atoms with Crippen LogP contribution in [0.1, 0.15) is 0 Å². The van der Waals surface area contributed by atoms with Crippen LogP contribution in [0.3, 0.4) is 0 Å². The second kappa shape index (κ2) is 6.76. The molecular formula is C23H19N5O5. The summed E-state index contributed by atoms with van der Waals surface area (Å²) in [6.45, 7) is 0.174. The first kappa shape index (κ1) is 19.2. The van der Waals surface area contributed by atoms with Crippen LogP contribution in [-0.2, 0) is 14.1 Å². The van der Waals surface area contributed by atoms with Crippen molar-refractivity contribution in [2.24, 2.45) is 14.1 Å². The van der Waals surface area contributed by atoms with Crippen molar-refractivity contribution in [1.82, 2.24) is 23.1 Å². The van der Waals surface area contributed by atoms with Crippen molar-refractivity contribution < 1.29 is 14.2 Å². The Morgan fingerprint density at radius 2 is 1.82 bits per heavy atom. The molecule has 33 heavy (non-hydrogen) atoms. The molecule has 10 nitrogen and oxygen atoms in total. The topological polar surface area (TPSA) is 93.9 Å². The third-order valence-corrected chi connectivity index (χ3v) is 5.94. The van der Waals surface area contributed by atoms with Gasteiger partial charge in [-0.25, -0.2) is 4.79 Å². The number of nitrogens with zero attached hydrogens (tertiary/aromatic N) is 5. The highest BCUT2D eigenvalue weighted by molar-refractivity contribution is 5.80. The largest absolute Gasteiger partial charge is 0.497 e. The number of hydrogen-bond acceptors (Lipinski definition) is 6. The van der Waals surface area contributed by atoms with E-state index in [1.807, 2.05) is 53.2 Å². The highest BCUT2D eigenvalue weighted by Gasteiger charge is 2.23. The molecule has 0 saturated carbocycles. The molecule has 2 aromatic carbocycles. The normalized spacial score (nSPS) is 12.7. The van der Waals surface area contributed by atoms with Gasteiger partial charge < -0.3 is 14.2 Å². The zero-order valence-electron chi connectivity index (χ0n) is 18.1. The van der Waals surface area contributed by atoms with Gasteiger partial charge in [-0.15, -0.1) is 0 Å². The van der Waals surface area contributed by atoms with Gasteiger partial charge >= 0.3 is 5.69 Å². The summed E-state index contributed by atoms with van der Waals surface area (Å²) in [5.41, 5.74) is 2.20. The first-order valence-corrected chi connectivity index (χ1v) is 10.2. The second-order valence-electron chi connectivity index (χ2n) is 7.78. The van der Waals surface area contributed by atoms with Crippen LogP contribution in [0.4, 0.5) is 0 Å². The van der Waals surface area contributed by atoms with Gasteiger partial charge in [-0.3, -0.25) is 22.9 Å². The van der Waals surface area contributed by atoms with Crippen molar-refractivity contribution in [1.29, 1.82) is 0 Å². The minimum Gasteiger partial charge on any atom is -0.497 e. The second-order valence-corrected chi connectivity index (χ2v) is 7.78. The number of methoxy groups -OCH3 is 1. The molecule has 0 aliphatic carbocycles. The van der Waals surface area contributed by atoms with Crippen LogP contribution in [0, 0.1) is 0 Å². The van der Waals surface area contributed by atoms with Crippen LogP contribution in [0.5, 0.6) is 17.2 Å². The van der Waals surface area contributed by atoms with E-state index < -0.39 is 11.2 Å². The minimum absolute atomic E-state index is 0.174. The maximum absolute atomic E-state index is 13.0. The molecule has 1 aliphatic heterocycles. The number of imidazole rings is 2. The SMILES string of the molecule is COc1cccc(-n2c(-c3ccc4c(c3)OCO4)cn3c4c(=O)n(C)c(=O)n(C)c4nc23)c1. The molecule has 5 aromatic rings. The molecule has 1 aliphatic rings. The lowest BCUT2D eigenvalue weighted by Gasteiger charge is -2.11. The van der Waals surface area contributed by atoms with Gasteiger partial charge in [0.25, 0.3) is 5.56 Å². The molecule has 0 unspecified atom stereocenters. The smallest absolute Gasteiger partial charge is 0.332 e. The highest BCUT2D eigenvalue weighted by Crippen LogP contribution is 2.37. The molecule has 0 spiro atoms. The van der Waals surface area contributed by atoms with E-state index in [0.29, 0.717) is 34.2 Å². The summed E-state index contributed by atoms with van der Waals surface area (Å²) >= 11 is 0. The highest BCUT2D eigenvalue weighted by atomic mass is 16.7. The molecule has 0 bridgehead atoms. The molecule has 4 heterocycles. The van der Waals surface area contributed by atoms with Crippen molar-refractivity contribution in [2.45, 2.75) is 0 Å². The van der Waals surface area contributed by atoms with Crippen molar-refractivity contribution in [3.05, 3.63) is 69.5 Å².